The maximum Gasteiger partial charge on any atom is 0.196 e. The summed E-state index contributed by atoms with van der Waals surface area (Å²) < 4.78 is 0. The van der Waals surface area contributed by atoms with Crippen molar-refractivity contribution in [1.29, 1.82) is 0 Å². The van der Waals surface area contributed by atoms with E-state index in [1.807, 2.05) is 38.1 Å². The fraction of sp³-hybridized carbons (Fsp3) is 0.278. The third-order valence-electron chi connectivity index (χ3n) is 8.31. The van der Waals surface area contributed by atoms with Gasteiger partial charge in [0.05, 0.1) is 22.5 Å². The van der Waals surface area contributed by atoms with Crippen LogP contribution >= 0.6 is 0 Å². The second-order valence-electron chi connectivity index (χ2n) is 10.6. The zero-order valence-corrected chi connectivity index (χ0v) is 25.4. The van der Waals surface area contributed by atoms with E-state index in [9.17, 15) is 9.59 Å². The van der Waals surface area contributed by atoms with Gasteiger partial charge in [-0.3, -0.25) is 9.59 Å². The monoisotopic (exact) mass is 532 g/mol. The highest BCUT2D eigenvalue weighted by Gasteiger charge is 2.34. The summed E-state index contributed by atoms with van der Waals surface area (Å²) in [5.74, 6) is -0.289. The van der Waals surface area contributed by atoms with Gasteiger partial charge in [0.25, 0.3) is 0 Å². The number of hydrogen-bond donors (Lipinski definition) is 2. The van der Waals surface area contributed by atoms with Crippen molar-refractivity contribution in [1.82, 2.24) is 0 Å². The predicted octanol–water partition coefficient (Wildman–Crippen LogP) is 9.44. The smallest absolute Gasteiger partial charge is 0.196 e. The second kappa shape index (κ2) is 11.1. The molecule has 1 aliphatic carbocycles. The molecule has 40 heavy (non-hydrogen) atoms. The molecule has 0 amide bonds. The average molecular weight is 533 g/mol. The number of carbonyl (C=O) groups is 2. The summed E-state index contributed by atoms with van der Waals surface area (Å²) in [6.45, 7) is 20.7. The van der Waals surface area contributed by atoms with E-state index in [2.05, 4.69) is 78.2 Å². The minimum absolute atomic E-state index is 0.144. The van der Waals surface area contributed by atoms with Crippen LogP contribution in [-0.4, -0.2) is 11.6 Å². The van der Waals surface area contributed by atoms with Crippen molar-refractivity contribution in [3.63, 3.8) is 0 Å². The Hall–Kier alpha value is -4.18. The average Bonchev–Trinajstić information content (AvgIpc) is 2.95. The van der Waals surface area contributed by atoms with E-state index < -0.39 is 0 Å². The van der Waals surface area contributed by atoms with Gasteiger partial charge in [-0.2, -0.15) is 0 Å². The highest BCUT2D eigenvalue weighted by atomic mass is 16.1. The van der Waals surface area contributed by atoms with Gasteiger partial charge < -0.3 is 10.6 Å². The molecule has 0 saturated heterocycles. The Bertz CT molecular complexity index is 1550. The van der Waals surface area contributed by atoms with Gasteiger partial charge in [-0.05, 0) is 112 Å². The fourth-order valence-corrected chi connectivity index (χ4v) is 5.65. The number of hydrogen-bond acceptors (Lipinski definition) is 4. The van der Waals surface area contributed by atoms with Gasteiger partial charge in [0, 0.05) is 22.5 Å². The lowest BCUT2D eigenvalue weighted by atomic mass is 9.82. The Morgan fingerprint density at radius 2 is 0.825 bits per heavy atom. The molecule has 4 heteroatoms. The summed E-state index contributed by atoms with van der Waals surface area (Å²) in [5.41, 5.74) is 14.3. The molecule has 0 radical (unpaired) electrons. The molecule has 0 aromatic heterocycles. The third kappa shape index (κ3) is 4.72. The molecule has 0 bridgehead atoms. The van der Waals surface area contributed by atoms with Gasteiger partial charge in [-0.15, -0.1) is 0 Å². The molecule has 1 aliphatic rings. The molecule has 0 aliphatic heterocycles. The standard InChI is InChI=1S/C34H34N2O2.C2H6/c1-17-15-19(3)31(23(7)21(17)5)35-27-13-14-28(36-32-20(4)16-18(2)22(6)24(32)8)30-29(27)33(37)25-11-9-10-12-26(25)34(30)38;1-2/h9-16,35-36H,1-8H3;1-2H3. The lowest BCUT2D eigenvalue weighted by molar-refractivity contribution is 0.0980. The summed E-state index contributed by atoms with van der Waals surface area (Å²) >= 11 is 0. The highest BCUT2D eigenvalue weighted by molar-refractivity contribution is 6.32. The number of carbonyl (C=O) groups excluding carboxylic acids is 2. The first-order valence-electron chi connectivity index (χ1n) is 14.1. The summed E-state index contributed by atoms with van der Waals surface area (Å²) in [6.07, 6.45) is 0. The van der Waals surface area contributed by atoms with Gasteiger partial charge in [-0.25, -0.2) is 0 Å². The van der Waals surface area contributed by atoms with Gasteiger partial charge in [0.1, 0.15) is 0 Å². The van der Waals surface area contributed by atoms with Crippen molar-refractivity contribution in [3.8, 4) is 0 Å². The van der Waals surface area contributed by atoms with Gasteiger partial charge in [0.2, 0.25) is 0 Å². The first-order valence-corrected chi connectivity index (χ1v) is 14.1. The van der Waals surface area contributed by atoms with Crippen LogP contribution in [0.5, 0.6) is 0 Å². The first-order chi connectivity index (χ1) is 19.0. The maximum absolute atomic E-state index is 14.0. The van der Waals surface area contributed by atoms with Crippen LogP contribution in [0, 0.1) is 55.4 Å². The van der Waals surface area contributed by atoms with E-state index in [4.69, 9.17) is 0 Å². The highest BCUT2D eigenvalue weighted by Crippen LogP contribution is 2.41. The first kappa shape index (κ1) is 28.8. The molecule has 0 unspecified atom stereocenters. The number of rotatable bonds is 4. The SMILES string of the molecule is CC.Cc1cc(C)c(Nc2ccc(Nc3c(C)cc(C)c(C)c3C)c3c2C(=O)c2ccccc2C3=O)c(C)c1C. The zero-order valence-electron chi connectivity index (χ0n) is 25.4. The third-order valence-corrected chi connectivity index (χ3v) is 8.31. The number of aryl methyl sites for hydroxylation is 4. The largest absolute Gasteiger partial charge is 0.354 e. The van der Waals surface area contributed by atoms with Crippen LogP contribution in [0.25, 0.3) is 0 Å². The number of anilines is 4. The number of ketones is 2. The molecule has 0 saturated carbocycles. The van der Waals surface area contributed by atoms with Crippen LogP contribution in [0.3, 0.4) is 0 Å². The van der Waals surface area contributed by atoms with Crippen molar-refractivity contribution < 1.29 is 9.59 Å². The number of benzene rings is 4. The normalized spacial score (nSPS) is 11.8. The Kier molecular flexibility index (Phi) is 8.02. The topological polar surface area (TPSA) is 58.2 Å². The van der Waals surface area contributed by atoms with E-state index in [0.717, 1.165) is 33.6 Å². The summed E-state index contributed by atoms with van der Waals surface area (Å²) in [7, 11) is 0. The maximum atomic E-state index is 14.0. The fourth-order valence-electron chi connectivity index (χ4n) is 5.65. The molecule has 4 aromatic carbocycles. The van der Waals surface area contributed by atoms with Gasteiger partial charge in [-0.1, -0.05) is 50.2 Å². The van der Waals surface area contributed by atoms with Crippen molar-refractivity contribution in [2.45, 2.75) is 69.2 Å². The Morgan fingerprint density at radius 3 is 1.18 bits per heavy atom. The van der Waals surface area contributed by atoms with Crippen LogP contribution in [0.15, 0.2) is 48.5 Å². The molecule has 206 valence electrons. The van der Waals surface area contributed by atoms with Gasteiger partial charge in [0.15, 0.2) is 11.6 Å². The molecule has 0 heterocycles. The van der Waals surface area contributed by atoms with Crippen LogP contribution in [0.4, 0.5) is 22.7 Å². The van der Waals surface area contributed by atoms with E-state index in [-0.39, 0.29) is 11.6 Å². The molecule has 0 atom stereocenters. The van der Waals surface area contributed by atoms with E-state index in [1.165, 1.54) is 22.3 Å². The van der Waals surface area contributed by atoms with E-state index in [1.54, 1.807) is 12.1 Å². The zero-order chi connectivity index (χ0) is 29.5. The molecule has 4 nitrogen and oxygen atoms in total. The second-order valence-corrected chi connectivity index (χ2v) is 10.6. The van der Waals surface area contributed by atoms with E-state index >= 15 is 0 Å². The summed E-state index contributed by atoms with van der Waals surface area (Å²) in [6, 6.07) is 15.2. The molecule has 0 spiro atoms. The van der Waals surface area contributed by atoms with Crippen LogP contribution < -0.4 is 10.6 Å². The lowest BCUT2D eigenvalue weighted by Crippen LogP contribution is -2.23. The summed E-state index contributed by atoms with van der Waals surface area (Å²) in [4.78, 5) is 27.9. The molecular formula is C36H40N2O2. The molecule has 0 fully saturated rings. The molecule has 5 rings (SSSR count). The number of fused-ring (bicyclic) bond motifs is 2. The minimum Gasteiger partial charge on any atom is -0.354 e. The summed E-state index contributed by atoms with van der Waals surface area (Å²) in [5, 5.41) is 7.10. The van der Waals surface area contributed by atoms with Crippen molar-refractivity contribution >= 4 is 34.3 Å². The van der Waals surface area contributed by atoms with Crippen molar-refractivity contribution in [2.24, 2.45) is 0 Å². The Balaban J connectivity index is 0.00000181. The van der Waals surface area contributed by atoms with Crippen molar-refractivity contribution in [2.75, 3.05) is 10.6 Å². The Morgan fingerprint density at radius 1 is 0.475 bits per heavy atom. The molecule has 4 aromatic rings. The lowest BCUT2D eigenvalue weighted by Gasteiger charge is -2.26. The van der Waals surface area contributed by atoms with Gasteiger partial charge >= 0.3 is 0 Å². The molecular weight excluding hydrogens is 492 g/mol. The quantitative estimate of drug-likeness (QED) is 0.242. The van der Waals surface area contributed by atoms with Crippen LogP contribution in [-0.2, 0) is 0 Å². The Labute approximate surface area is 238 Å². The predicted molar refractivity (Wildman–Crippen MR) is 168 cm³/mol. The van der Waals surface area contributed by atoms with E-state index in [0.29, 0.717) is 33.6 Å². The van der Waals surface area contributed by atoms with Crippen molar-refractivity contribution in [3.05, 3.63) is 115 Å². The number of nitrogens with one attached hydrogen (secondary N) is 2. The minimum atomic E-state index is -0.144. The van der Waals surface area contributed by atoms with Crippen LogP contribution in [0.1, 0.15) is 90.2 Å². The molecule has 2 N–H and O–H groups in total. The van der Waals surface area contributed by atoms with Crippen LogP contribution in [0.2, 0.25) is 0 Å².